The van der Waals surface area contributed by atoms with Crippen LogP contribution < -0.4 is 4.90 Å². The Kier molecular flexibility index (Phi) is 3.56. The van der Waals surface area contributed by atoms with Crippen LogP contribution in [0.5, 0.6) is 0 Å². The minimum Gasteiger partial charge on any atom is -0.390 e. The molecule has 2 saturated heterocycles. The Morgan fingerprint density at radius 3 is 2.53 bits per heavy atom. The summed E-state index contributed by atoms with van der Waals surface area (Å²) in [6.45, 7) is 6.42. The predicted octanol–water partition coefficient (Wildman–Crippen LogP) is 3.95. The number of anilines is 1. The van der Waals surface area contributed by atoms with Gasteiger partial charge in [0, 0.05) is 35.0 Å². The van der Waals surface area contributed by atoms with Crippen LogP contribution in [0.3, 0.4) is 0 Å². The molecule has 7 nitrogen and oxygen atoms in total. The number of aryl methyl sites for hydroxylation is 1. The molecule has 8 heteroatoms. The molecule has 3 saturated carbocycles. The molecule has 3 aromatic rings. The van der Waals surface area contributed by atoms with Crippen LogP contribution in [0, 0.1) is 34.9 Å². The standard InChI is InChI=1S/C26H27FN6O/c1-15-30-21(32-14-25(23(2,3)34)9-17(32)10-25)8-22(31-15)33-20-7-18(19(27)6-16(20)11-29-33)26(13-28)12-24(26)4-5-24/h6-8,11,17,34H,4-5,9-10,12,14H2,1-3H3/t17?,25?,26-/m1/s1. The fraction of sp³-hybridized carbons (Fsp3) is 0.538. The highest BCUT2D eigenvalue weighted by Crippen LogP contribution is 2.78. The van der Waals surface area contributed by atoms with Gasteiger partial charge in [0.25, 0.3) is 0 Å². The predicted molar refractivity (Wildman–Crippen MR) is 124 cm³/mol. The average molecular weight is 459 g/mol. The summed E-state index contributed by atoms with van der Waals surface area (Å²) in [6.07, 6.45) is 6.29. The largest absolute Gasteiger partial charge is 0.390 e. The van der Waals surface area contributed by atoms with Gasteiger partial charge in [-0.25, -0.2) is 19.0 Å². The number of fused-ring (bicyclic) bond motifs is 2. The average Bonchev–Trinajstić information content (AvgIpc) is 3.44. The van der Waals surface area contributed by atoms with Crippen LogP contribution in [-0.2, 0) is 5.41 Å². The Balaban J connectivity index is 1.30. The summed E-state index contributed by atoms with van der Waals surface area (Å²) >= 11 is 0. The highest BCUT2D eigenvalue weighted by atomic mass is 19.1. The topological polar surface area (TPSA) is 90.9 Å². The van der Waals surface area contributed by atoms with E-state index in [1.54, 1.807) is 16.9 Å². The number of aliphatic hydroxyl groups is 1. The highest BCUT2D eigenvalue weighted by molar-refractivity contribution is 5.82. The number of halogens is 1. The first-order chi connectivity index (χ1) is 16.1. The summed E-state index contributed by atoms with van der Waals surface area (Å²) < 4.78 is 16.8. The molecule has 0 unspecified atom stereocenters. The van der Waals surface area contributed by atoms with Gasteiger partial charge in [-0.3, -0.25) is 0 Å². The van der Waals surface area contributed by atoms with E-state index in [9.17, 15) is 10.4 Å². The summed E-state index contributed by atoms with van der Waals surface area (Å²) in [7, 11) is 0. The molecular formula is C26H27FN6O. The third-order valence-corrected chi connectivity index (χ3v) is 9.33. The lowest BCUT2D eigenvalue weighted by molar-refractivity contribution is -0.0754. The molecular weight excluding hydrogens is 431 g/mol. The molecule has 174 valence electrons. The first-order valence-corrected chi connectivity index (χ1v) is 12.0. The second-order valence-corrected chi connectivity index (χ2v) is 11.6. The zero-order chi connectivity index (χ0) is 23.7. The SMILES string of the molecule is Cc1nc(N2CC3(C(C)(C)O)CC2C3)cc(-n2ncc3cc(F)c([C@]4(C#N)CC45CC5)cc32)n1. The van der Waals surface area contributed by atoms with Gasteiger partial charge in [0.05, 0.1) is 28.8 Å². The molecule has 0 radical (unpaired) electrons. The molecule has 4 heterocycles. The number of benzene rings is 1. The quantitative estimate of drug-likeness (QED) is 0.637. The monoisotopic (exact) mass is 458 g/mol. The van der Waals surface area contributed by atoms with Gasteiger partial charge in [-0.1, -0.05) is 0 Å². The molecule has 8 rings (SSSR count). The number of hydrogen-bond acceptors (Lipinski definition) is 6. The van der Waals surface area contributed by atoms with Crippen molar-refractivity contribution < 1.29 is 9.50 Å². The second-order valence-electron chi connectivity index (χ2n) is 11.6. The third kappa shape index (κ3) is 2.41. The van der Waals surface area contributed by atoms with Gasteiger partial charge in [0.15, 0.2) is 5.82 Å². The van der Waals surface area contributed by atoms with Gasteiger partial charge >= 0.3 is 0 Å². The summed E-state index contributed by atoms with van der Waals surface area (Å²) in [5.41, 5.74) is -0.338. The summed E-state index contributed by atoms with van der Waals surface area (Å²) in [6, 6.07) is 8.04. The van der Waals surface area contributed by atoms with Crippen molar-refractivity contribution in [2.24, 2.45) is 10.8 Å². The number of nitrogens with zero attached hydrogens (tertiary/aromatic N) is 6. The second kappa shape index (κ2) is 5.95. The van der Waals surface area contributed by atoms with Crippen LogP contribution in [0.2, 0.25) is 0 Å². The van der Waals surface area contributed by atoms with E-state index in [1.165, 1.54) is 6.07 Å². The molecule has 5 fully saturated rings. The van der Waals surface area contributed by atoms with E-state index < -0.39 is 11.0 Å². The lowest BCUT2D eigenvalue weighted by Crippen LogP contribution is -2.50. The van der Waals surface area contributed by atoms with Crippen molar-refractivity contribution in [2.75, 3.05) is 11.4 Å². The zero-order valence-electron chi connectivity index (χ0n) is 19.6. The molecule has 1 aromatic carbocycles. The number of hydrogen-bond donors (Lipinski definition) is 1. The molecule has 2 bridgehead atoms. The van der Waals surface area contributed by atoms with Gasteiger partial charge < -0.3 is 10.0 Å². The lowest BCUT2D eigenvalue weighted by atomic mass is 9.61. The summed E-state index contributed by atoms with van der Waals surface area (Å²) in [4.78, 5) is 11.6. The molecule has 2 aliphatic heterocycles. The van der Waals surface area contributed by atoms with Crippen LogP contribution in [0.1, 0.15) is 57.3 Å². The molecule has 1 atom stereocenters. The van der Waals surface area contributed by atoms with Crippen molar-refractivity contribution in [3.05, 3.63) is 41.6 Å². The molecule has 1 N–H and O–H groups in total. The maximum Gasteiger partial charge on any atom is 0.159 e. The Bertz CT molecular complexity index is 1420. The van der Waals surface area contributed by atoms with Gasteiger partial charge in [0.1, 0.15) is 17.5 Å². The van der Waals surface area contributed by atoms with E-state index in [4.69, 9.17) is 4.98 Å². The molecule has 0 amide bonds. The van der Waals surface area contributed by atoms with Gasteiger partial charge in [-0.05, 0) is 70.4 Å². The normalized spacial score (nSPS) is 30.5. The number of aromatic nitrogens is 4. The molecule has 2 aromatic heterocycles. The number of rotatable bonds is 4. The third-order valence-electron chi connectivity index (χ3n) is 9.33. The first-order valence-electron chi connectivity index (χ1n) is 12.0. The van der Waals surface area contributed by atoms with Crippen LogP contribution in [0.25, 0.3) is 16.7 Å². The van der Waals surface area contributed by atoms with E-state index >= 15 is 4.39 Å². The summed E-state index contributed by atoms with van der Waals surface area (Å²) in [5, 5.41) is 25.9. The smallest absolute Gasteiger partial charge is 0.159 e. The minimum atomic E-state index is -0.736. The Hall–Kier alpha value is -3.05. The van der Waals surface area contributed by atoms with E-state index in [-0.39, 0.29) is 16.6 Å². The van der Waals surface area contributed by atoms with Crippen molar-refractivity contribution in [2.45, 2.75) is 69.9 Å². The lowest BCUT2D eigenvalue weighted by Gasteiger charge is -2.45. The summed E-state index contributed by atoms with van der Waals surface area (Å²) in [5.74, 6) is 1.76. The minimum absolute atomic E-state index is 0.0210. The van der Waals surface area contributed by atoms with Gasteiger partial charge in [0.2, 0.25) is 0 Å². The Morgan fingerprint density at radius 1 is 1.18 bits per heavy atom. The van der Waals surface area contributed by atoms with Crippen molar-refractivity contribution in [1.29, 1.82) is 5.26 Å². The number of nitriles is 1. The zero-order valence-corrected chi connectivity index (χ0v) is 19.6. The maximum atomic E-state index is 15.1. The maximum absolute atomic E-state index is 15.1. The van der Waals surface area contributed by atoms with E-state index in [0.717, 1.165) is 50.0 Å². The Morgan fingerprint density at radius 2 is 1.91 bits per heavy atom. The van der Waals surface area contributed by atoms with Crippen LogP contribution in [0.15, 0.2) is 24.4 Å². The van der Waals surface area contributed by atoms with E-state index in [0.29, 0.717) is 28.6 Å². The Labute approximate surface area is 197 Å². The van der Waals surface area contributed by atoms with E-state index in [1.807, 2.05) is 26.8 Å². The molecule has 1 spiro atoms. The van der Waals surface area contributed by atoms with Crippen molar-refractivity contribution >= 4 is 16.7 Å². The van der Waals surface area contributed by atoms with Gasteiger partial charge in [-0.2, -0.15) is 10.4 Å². The van der Waals surface area contributed by atoms with Gasteiger partial charge in [-0.15, -0.1) is 0 Å². The van der Waals surface area contributed by atoms with E-state index in [2.05, 4.69) is 21.1 Å². The van der Waals surface area contributed by atoms with Crippen molar-refractivity contribution in [1.82, 2.24) is 19.7 Å². The fourth-order valence-electron chi connectivity index (χ4n) is 6.77. The van der Waals surface area contributed by atoms with Crippen LogP contribution >= 0.6 is 0 Å². The fourth-order valence-corrected chi connectivity index (χ4v) is 6.77. The molecule has 5 aliphatic rings. The molecule has 3 aliphatic carbocycles. The highest BCUT2D eigenvalue weighted by Gasteiger charge is 2.76. The van der Waals surface area contributed by atoms with Crippen molar-refractivity contribution in [3.63, 3.8) is 0 Å². The molecule has 34 heavy (non-hydrogen) atoms. The van der Waals surface area contributed by atoms with Crippen LogP contribution in [-0.4, -0.2) is 43.0 Å². The van der Waals surface area contributed by atoms with Crippen molar-refractivity contribution in [3.8, 4) is 11.9 Å². The van der Waals surface area contributed by atoms with Crippen LogP contribution in [0.4, 0.5) is 10.2 Å². The first kappa shape index (κ1) is 20.3.